The van der Waals surface area contributed by atoms with E-state index in [0.717, 1.165) is 26.1 Å². The van der Waals surface area contributed by atoms with Gasteiger partial charge in [-0.3, -0.25) is 9.59 Å². The van der Waals surface area contributed by atoms with E-state index in [1.54, 1.807) is 0 Å². The van der Waals surface area contributed by atoms with Gasteiger partial charge in [0.1, 0.15) is 0 Å². The Balaban J connectivity index is 2.46. The molecule has 0 spiro atoms. The molecular formula is C15H28N2O3. The average Bonchev–Trinajstić information content (AvgIpc) is 2.88. The van der Waals surface area contributed by atoms with Gasteiger partial charge in [0.25, 0.3) is 0 Å². The lowest BCUT2D eigenvalue weighted by Gasteiger charge is -2.20. The second kappa shape index (κ2) is 8.25. The number of rotatable bonds is 8. The summed E-state index contributed by atoms with van der Waals surface area (Å²) in [5.41, 5.74) is 0. The van der Waals surface area contributed by atoms with Crippen LogP contribution in [-0.2, 0) is 9.59 Å². The van der Waals surface area contributed by atoms with Gasteiger partial charge in [-0.1, -0.05) is 27.2 Å². The van der Waals surface area contributed by atoms with E-state index in [1.165, 1.54) is 0 Å². The fourth-order valence-corrected chi connectivity index (χ4v) is 3.05. The van der Waals surface area contributed by atoms with E-state index in [0.29, 0.717) is 25.3 Å². The molecule has 0 heterocycles. The Labute approximate surface area is 121 Å². The molecule has 20 heavy (non-hydrogen) atoms. The smallest absolute Gasteiger partial charge is 0.307 e. The molecule has 0 aromatic heterocycles. The minimum Gasteiger partial charge on any atom is -0.481 e. The van der Waals surface area contributed by atoms with Gasteiger partial charge in [-0.15, -0.1) is 0 Å². The van der Waals surface area contributed by atoms with Gasteiger partial charge >= 0.3 is 5.97 Å². The highest BCUT2D eigenvalue weighted by atomic mass is 16.4. The average molecular weight is 284 g/mol. The van der Waals surface area contributed by atoms with Crippen LogP contribution in [-0.4, -0.2) is 48.1 Å². The second-order valence-electron chi connectivity index (χ2n) is 5.61. The largest absolute Gasteiger partial charge is 0.481 e. The number of amides is 1. The number of carboxylic acids is 1. The Kier molecular flexibility index (Phi) is 6.99. The molecule has 0 bridgehead atoms. The van der Waals surface area contributed by atoms with Crippen LogP contribution in [0.1, 0.15) is 40.0 Å². The minimum absolute atomic E-state index is 0.0829. The van der Waals surface area contributed by atoms with Gasteiger partial charge in [0.15, 0.2) is 0 Å². The van der Waals surface area contributed by atoms with Crippen molar-refractivity contribution in [1.29, 1.82) is 0 Å². The number of likely N-dealkylation sites (N-methyl/N-ethyl adjacent to an activating group) is 1. The van der Waals surface area contributed by atoms with Crippen molar-refractivity contribution in [2.45, 2.75) is 40.0 Å². The first-order valence-corrected chi connectivity index (χ1v) is 7.76. The summed E-state index contributed by atoms with van der Waals surface area (Å²) in [7, 11) is 0. The molecule has 0 aromatic carbocycles. The maximum absolute atomic E-state index is 12.2. The molecule has 3 atom stereocenters. The summed E-state index contributed by atoms with van der Waals surface area (Å²) in [6.07, 6.45) is 2.30. The molecule has 116 valence electrons. The Morgan fingerprint density at radius 3 is 2.25 bits per heavy atom. The van der Waals surface area contributed by atoms with Crippen LogP contribution in [0.3, 0.4) is 0 Å². The lowest BCUT2D eigenvalue weighted by atomic mass is 9.95. The molecule has 5 heteroatoms. The van der Waals surface area contributed by atoms with E-state index in [4.69, 9.17) is 0 Å². The molecular weight excluding hydrogens is 256 g/mol. The summed E-state index contributed by atoms with van der Waals surface area (Å²) < 4.78 is 0. The van der Waals surface area contributed by atoms with E-state index in [9.17, 15) is 14.7 Å². The highest BCUT2D eigenvalue weighted by Gasteiger charge is 2.41. The highest BCUT2D eigenvalue weighted by molar-refractivity contribution is 5.85. The molecule has 1 fully saturated rings. The number of aliphatic carboxylic acids is 1. The van der Waals surface area contributed by atoms with Gasteiger partial charge in [-0.2, -0.15) is 0 Å². The van der Waals surface area contributed by atoms with Crippen molar-refractivity contribution in [1.82, 2.24) is 10.2 Å². The lowest BCUT2D eigenvalue weighted by Crippen LogP contribution is -2.39. The maximum atomic E-state index is 12.2. The Morgan fingerprint density at radius 1 is 1.15 bits per heavy atom. The fraction of sp³-hybridized carbons (Fsp3) is 0.867. The van der Waals surface area contributed by atoms with Crippen LogP contribution >= 0.6 is 0 Å². The predicted molar refractivity (Wildman–Crippen MR) is 78.4 cm³/mol. The molecule has 1 rings (SSSR count). The quantitative estimate of drug-likeness (QED) is 0.710. The number of nitrogens with one attached hydrogen (secondary N) is 1. The van der Waals surface area contributed by atoms with Crippen molar-refractivity contribution in [2.75, 3.05) is 26.2 Å². The minimum atomic E-state index is -0.829. The van der Waals surface area contributed by atoms with Crippen LogP contribution in [0, 0.1) is 17.8 Å². The molecule has 1 aliphatic carbocycles. The van der Waals surface area contributed by atoms with Crippen molar-refractivity contribution >= 4 is 11.9 Å². The second-order valence-corrected chi connectivity index (χ2v) is 5.61. The first-order chi connectivity index (χ1) is 9.53. The monoisotopic (exact) mass is 284 g/mol. The summed E-state index contributed by atoms with van der Waals surface area (Å²) in [6, 6.07) is 0. The third-order valence-corrected chi connectivity index (χ3v) is 4.51. The van der Waals surface area contributed by atoms with Gasteiger partial charge in [0.05, 0.1) is 11.8 Å². The number of carboxylic acid groups (broad SMARTS) is 1. The van der Waals surface area contributed by atoms with Crippen LogP contribution in [0.4, 0.5) is 0 Å². The summed E-state index contributed by atoms with van der Waals surface area (Å²) in [6.45, 7) is 9.59. The summed E-state index contributed by atoms with van der Waals surface area (Å²) in [5.74, 6) is -1.40. The van der Waals surface area contributed by atoms with Gasteiger partial charge in [-0.25, -0.2) is 0 Å². The zero-order valence-electron chi connectivity index (χ0n) is 12.9. The van der Waals surface area contributed by atoms with Crippen molar-refractivity contribution in [3.05, 3.63) is 0 Å². The van der Waals surface area contributed by atoms with Crippen molar-refractivity contribution in [2.24, 2.45) is 17.8 Å². The third kappa shape index (κ3) is 4.47. The molecule has 1 saturated carbocycles. The summed E-state index contributed by atoms with van der Waals surface area (Å²) in [5, 5.41) is 12.2. The molecule has 0 radical (unpaired) electrons. The molecule has 5 nitrogen and oxygen atoms in total. The van der Waals surface area contributed by atoms with E-state index < -0.39 is 11.9 Å². The number of hydrogen-bond acceptors (Lipinski definition) is 3. The molecule has 0 saturated heterocycles. The molecule has 0 aliphatic heterocycles. The SMILES string of the molecule is CCC1CC(C(=O)O)C(C(=O)NCCN(CC)CC)C1. The number of carbonyl (C=O) groups excluding carboxylic acids is 1. The molecule has 1 aliphatic rings. The van der Waals surface area contributed by atoms with Crippen LogP contribution in [0.2, 0.25) is 0 Å². The molecule has 1 amide bonds. The third-order valence-electron chi connectivity index (χ3n) is 4.51. The molecule has 3 unspecified atom stereocenters. The van der Waals surface area contributed by atoms with Crippen LogP contribution in [0.25, 0.3) is 0 Å². The summed E-state index contributed by atoms with van der Waals surface area (Å²) >= 11 is 0. The van der Waals surface area contributed by atoms with E-state index in [1.807, 2.05) is 0 Å². The van der Waals surface area contributed by atoms with Gasteiger partial charge in [0.2, 0.25) is 5.91 Å². The predicted octanol–water partition coefficient (Wildman–Crippen LogP) is 1.58. The first-order valence-electron chi connectivity index (χ1n) is 7.76. The maximum Gasteiger partial charge on any atom is 0.307 e. The summed E-state index contributed by atoms with van der Waals surface area (Å²) in [4.78, 5) is 25.7. The topological polar surface area (TPSA) is 69.6 Å². The van der Waals surface area contributed by atoms with Crippen molar-refractivity contribution < 1.29 is 14.7 Å². The van der Waals surface area contributed by atoms with Crippen molar-refractivity contribution in [3.63, 3.8) is 0 Å². The van der Waals surface area contributed by atoms with E-state index in [-0.39, 0.29) is 11.8 Å². The Bertz CT molecular complexity index is 329. The van der Waals surface area contributed by atoms with Crippen LogP contribution in [0.15, 0.2) is 0 Å². The van der Waals surface area contributed by atoms with Gasteiger partial charge in [0, 0.05) is 13.1 Å². The standard InChI is InChI=1S/C15H28N2O3/c1-4-11-9-12(13(10-11)15(19)20)14(18)16-7-8-17(5-2)6-3/h11-13H,4-10H2,1-3H3,(H,16,18)(H,19,20). The highest BCUT2D eigenvalue weighted by Crippen LogP contribution is 2.38. The van der Waals surface area contributed by atoms with Crippen LogP contribution < -0.4 is 5.32 Å². The van der Waals surface area contributed by atoms with Gasteiger partial charge < -0.3 is 15.3 Å². The van der Waals surface area contributed by atoms with Crippen LogP contribution in [0.5, 0.6) is 0 Å². The Morgan fingerprint density at radius 2 is 1.75 bits per heavy atom. The first kappa shape index (κ1) is 17.0. The normalized spacial score (nSPS) is 25.9. The zero-order valence-corrected chi connectivity index (χ0v) is 12.9. The number of nitrogens with zero attached hydrogens (tertiary/aromatic N) is 1. The lowest BCUT2D eigenvalue weighted by molar-refractivity contribution is -0.146. The molecule has 2 N–H and O–H groups in total. The molecule has 0 aromatic rings. The van der Waals surface area contributed by atoms with E-state index in [2.05, 4.69) is 31.0 Å². The van der Waals surface area contributed by atoms with E-state index >= 15 is 0 Å². The zero-order chi connectivity index (χ0) is 15.1. The number of carbonyl (C=O) groups is 2. The number of hydrogen-bond donors (Lipinski definition) is 2. The fourth-order valence-electron chi connectivity index (χ4n) is 3.05. The van der Waals surface area contributed by atoms with Gasteiger partial charge in [-0.05, 0) is 31.8 Å². The Hall–Kier alpha value is -1.10. The van der Waals surface area contributed by atoms with Crippen molar-refractivity contribution in [3.8, 4) is 0 Å².